The molecule has 2 aliphatic carbocycles. The van der Waals surface area contributed by atoms with Crippen LogP contribution < -0.4 is 14.4 Å². The maximum Gasteiger partial charge on any atom is 0.264 e. The highest BCUT2D eigenvalue weighted by molar-refractivity contribution is 7.90. The minimum atomic E-state index is -3.90. The van der Waals surface area contributed by atoms with Crippen molar-refractivity contribution < 1.29 is 22.7 Å². The van der Waals surface area contributed by atoms with E-state index in [1.807, 2.05) is 37.3 Å². The second kappa shape index (κ2) is 13.4. The number of fused-ring (bicyclic) bond motifs is 3. The smallest absolute Gasteiger partial charge is 0.264 e. The second-order valence-electron chi connectivity index (χ2n) is 13.3. The molecule has 2 saturated carbocycles. The van der Waals surface area contributed by atoms with Crippen LogP contribution >= 0.6 is 11.6 Å². The number of nitrogens with zero attached hydrogens (tertiary/aromatic N) is 1. The number of allylic oxidation sites excluding steroid dienone is 1. The molecule has 44 heavy (non-hydrogen) atoms. The Balaban J connectivity index is 1.38. The average molecular weight is 641 g/mol. The van der Waals surface area contributed by atoms with E-state index >= 15 is 0 Å². The summed E-state index contributed by atoms with van der Waals surface area (Å²) in [6, 6.07) is 11.3. The number of nitrogens with one attached hydrogen (secondary N) is 1. The number of benzene rings is 2. The minimum Gasteiger partial charge on any atom is -0.487 e. The van der Waals surface area contributed by atoms with Crippen LogP contribution in [0.15, 0.2) is 48.6 Å². The van der Waals surface area contributed by atoms with Crippen LogP contribution in [0.3, 0.4) is 0 Å². The Bertz CT molecular complexity index is 1490. The van der Waals surface area contributed by atoms with Gasteiger partial charge in [-0.25, -0.2) is 13.1 Å². The molecule has 2 aromatic rings. The number of methoxy groups -OCH3 is 1. The van der Waals surface area contributed by atoms with Crippen molar-refractivity contribution in [2.24, 2.45) is 23.7 Å². The summed E-state index contributed by atoms with van der Waals surface area (Å²) >= 11 is 6.34. The van der Waals surface area contributed by atoms with Crippen molar-refractivity contribution in [2.45, 2.75) is 82.7 Å². The largest absolute Gasteiger partial charge is 0.487 e. The van der Waals surface area contributed by atoms with Crippen molar-refractivity contribution in [3.05, 3.63) is 70.3 Å². The zero-order chi connectivity index (χ0) is 30.8. The van der Waals surface area contributed by atoms with E-state index < -0.39 is 21.2 Å². The summed E-state index contributed by atoms with van der Waals surface area (Å²) in [6.07, 6.45) is 12.6. The normalized spacial score (nSPS) is 29.9. The molecule has 1 N–H and O–H groups in total. The number of amides is 1. The molecule has 2 aromatic carbocycles. The molecule has 1 amide bonds. The lowest BCUT2D eigenvalue weighted by molar-refractivity contribution is 0.0134. The average Bonchev–Trinajstić information content (AvgIpc) is 3.81. The SMILES string of the molecule is CO[C@H]1/C=C/C[C@H](C)[C@@H](CC2CC2)S(=O)(=O)NC(=O)c2ccc3c(c2)N(CCCCc2cc(Cl)ccc2CO3)C[C@@H]2CC[C@H]21. The molecule has 0 spiro atoms. The van der Waals surface area contributed by atoms with Gasteiger partial charge in [0.1, 0.15) is 12.4 Å². The molecule has 2 heterocycles. The minimum absolute atomic E-state index is 0.0164. The first-order valence-corrected chi connectivity index (χ1v) is 18.2. The molecule has 2 bridgehead atoms. The van der Waals surface area contributed by atoms with Crippen LogP contribution in [0, 0.1) is 23.7 Å². The fourth-order valence-electron chi connectivity index (χ4n) is 7.20. The van der Waals surface area contributed by atoms with Crippen LogP contribution in [0.5, 0.6) is 5.75 Å². The summed E-state index contributed by atoms with van der Waals surface area (Å²) in [5, 5.41) is 0.0875. The van der Waals surface area contributed by atoms with Crippen molar-refractivity contribution in [2.75, 3.05) is 25.1 Å². The molecule has 0 saturated heterocycles. The van der Waals surface area contributed by atoms with Gasteiger partial charge in [0, 0.05) is 30.8 Å². The Hall–Kier alpha value is -2.55. The first-order valence-electron chi connectivity index (χ1n) is 16.3. The lowest BCUT2D eigenvalue weighted by Crippen LogP contribution is -2.44. The van der Waals surface area contributed by atoms with Crippen molar-refractivity contribution in [1.82, 2.24) is 4.72 Å². The predicted molar refractivity (Wildman–Crippen MR) is 175 cm³/mol. The maximum atomic E-state index is 13.7. The molecule has 0 aromatic heterocycles. The Labute approximate surface area is 267 Å². The molecule has 0 unspecified atom stereocenters. The van der Waals surface area contributed by atoms with Gasteiger partial charge in [-0.05, 0) is 110 Å². The second-order valence-corrected chi connectivity index (χ2v) is 15.7. The molecule has 238 valence electrons. The summed E-state index contributed by atoms with van der Waals surface area (Å²) in [5.41, 5.74) is 3.45. The molecule has 7 nitrogen and oxygen atoms in total. The van der Waals surface area contributed by atoms with Gasteiger partial charge in [-0.2, -0.15) is 0 Å². The number of hydrogen-bond donors (Lipinski definition) is 1. The Morgan fingerprint density at radius 3 is 2.66 bits per heavy atom. The standard InChI is InChI=1S/C35H45ClN2O5S/c1-23-6-5-8-32(42-2)30-15-12-27(30)21-38-17-4-3-7-25-19-29(36)14-11-28(25)22-43-33-16-13-26(20-31(33)38)35(39)37-44(40,41)34(23)18-24-9-10-24/h5,8,11,13-14,16,19-20,23-24,27,30,32,34H,3-4,6-7,9-10,12,15,17-18,21-22H2,1-2H3,(H,37,39)/b8-5+/t23-,27-,30+,32-,34+/m0/s1. The van der Waals surface area contributed by atoms with Gasteiger partial charge in [-0.3, -0.25) is 4.79 Å². The first-order chi connectivity index (χ1) is 21.2. The van der Waals surface area contributed by atoms with E-state index in [1.165, 1.54) is 5.56 Å². The lowest BCUT2D eigenvalue weighted by atomic mass is 9.70. The van der Waals surface area contributed by atoms with Gasteiger partial charge < -0.3 is 14.4 Å². The number of sulfonamides is 1. The first kappa shape index (κ1) is 31.4. The summed E-state index contributed by atoms with van der Waals surface area (Å²) in [7, 11) is -2.13. The van der Waals surface area contributed by atoms with Crippen molar-refractivity contribution in [1.29, 1.82) is 0 Å². The van der Waals surface area contributed by atoms with Crippen LogP contribution in [-0.4, -0.2) is 45.9 Å². The molecule has 0 radical (unpaired) electrons. The van der Waals surface area contributed by atoms with Gasteiger partial charge in [-0.1, -0.05) is 49.6 Å². The maximum absolute atomic E-state index is 13.7. The van der Waals surface area contributed by atoms with Gasteiger partial charge in [-0.15, -0.1) is 0 Å². The molecular weight excluding hydrogens is 596 g/mol. The molecule has 9 heteroatoms. The lowest BCUT2D eigenvalue weighted by Gasteiger charge is -2.43. The van der Waals surface area contributed by atoms with Crippen molar-refractivity contribution in [3.8, 4) is 5.75 Å². The van der Waals surface area contributed by atoms with E-state index in [-0.39, 0.29) is 12.0 Å². The zero-order valence-electron chi connectivity index (χ0n) is 25.8. The summed E-state index contributed by atoms with van der Waals surface area (Å²) in [5.74, 6) is 1.20. The van der Waals surface area contributed by atoms with Crippen LogP contribution in [0.2, 0.25) is 5.02 Å². The van der Waals surface area contributed by atoms with E-state index in [0.717, 1.165) is 74.3 Å². The van der Waals surface area contributed by atoms with Crippen LogP contribution in [0.1, 0.15) is 79.8 Å². The van der Waals surface area contributed by atoms with E-state index in [9.17, 15) is 13.2 Å². The van der Waals surface area contributed by atoms with Gasteiger partial charge in [0.05, 0.1) is 17.0 Å². The van der Waals surface area contributed by atoms with Crippen molar-refractivity contribution in [3.63, 3.8) is 0 Å². The van der Waals surface area contributed by atoms with Crippen LogP contribution in [-0.2, 0) is 27.8 Å². The van der Waals surface area contributed by atoms with Gasteiger partial charge >= 0.3 is 0 Å². The number of rotatable bonds is 3. The third-order valence-electron chi connectivity index (χ3n) is 10.2. The van der Waals surface area contributed by atoms with Gasteiger partial charge in [0.15, 0.2) is 0 Å². The third kappa shape index (κ3) is 7.13. The number of ether oxygens (including phenoxy) is 2. The third-order valence-corrected chi connectivity index (χ3v) is 12.4. The van der Waals surface area contributed by atoms with Crippen molar-refractivity contribution >= 4 is 33.2 Å². The fraction of sp³-hybridized carbons (Fsp3) is 0.571. The molecule has 4 aliphatic rings. The highest BCUT2D eigenvalue weighted by Crippen LogP contribution is 2.42. The summed E-state index contributed by atoms with van der Waals surface area (Å²) in [6.45, 7) is 3.99. The Morgan fingerprint density at radius 2 is 1.91 bits per heavy atom. The zero-order valence-corrected chi connectivity index (χ0v) is 27.4. The number of carbonyl (C=O) groups is 1. The van der Waals surface area contributed by atoms with Crippen LogP contribution in [0.25, 0.3) is 0 Å². The number of carbonyl (C=O) groups excluding carboxylic acids is 1. The van der Waals surface area contributed by atoms with Gasteiger partial charge in [0.25, 0.3) is 5.91 Å². The Morgan fingerprint density at radius 1 is 1.07 bits per heavy atom. The van der Waals surface area contributed by atoms with Gasteiger partial charge in [0.2, 0.25) is 10.0 Å². The molecule has 6 rings (SSSR count). The molecular formula is C35H45ClN2O5S. The van der Waals surface area contributed by atoms with E-state index in [1.54, 1.807) is 13.2 Å². The predicted octanol–water partition coefficient (Wildman–Crippen LogP) is 6.93. The van der Waals surface area contributed by atoms with E-state index in [2.05, 4.69) is 21.8 Å². The highest BCUT2D eigenvalue weighted by atomic mass is 35.5. The van der Waals surface area contributed by atoms with E-state index in [4.69, 9.17) is 21.1 Å². The summed E-state index contributed by atoms with van der Waals surface area (Å²) in [4.78, 5) is 16.0. The number of aryl methyl sites for hydroxylation is 1. The fourth-order valence-corrected chi connectivity index (χ4v) is 9.17. The summed E-state index contributed by atoms with van der Waals surface area (Å²) < 4.78 is 42.4. The topological polar surface area (TPSA) is 84.9 Å². The Kier molecular flexibility index (Phi) is 9.60. The van der Waals surface area contributed by atoms with E-state index in [0.29, 0.717) is 48.5 Å². The highest BCUT2D eigenvalue weighted by Gasteiger charge is 2.39. The monoisotopic (exact) mass is 640 g/mol. The quantitative estimate of drug-likeness (QED) is 0.367. The number of halogens is 1. The molecule has 2 fully saturated rings. The molecule has 2 aliphatic heterocycles. The van der Waals surface area contributed by atoms with Crippen LogP contribution in [0.4, 0.5) is 5.69 Å². The number of hydrogen-bond acceptors (Lipinski definition) is 6. The molecule has 5 atom stereocenters. The number of anilines is 1.